The first-order chi connectivity index (χ1) is 8.22. The SMILES string of the molecule is C=CCNCc1nc(C(CC)(CC)OC)no1. The van der Waals surface area contributed by atoms with E-state index in [1.54, 1.807) is 13.2 Å². The first-order valence-electron chi connectivity index (χ1n) is 5.92. The maximum atomic E-state index is 5.54. The van der Waals surface area contributed by atoms with E-state index in [2.05, 4.69) is 35.9 Å². The van der Waals surface area contributed by atoms with Gasteiger partial charge in [-0.2, -0.15) is 4.98 Å². The average molecular weight is 239 g/mol. The zero-order valence-electron chi connectivity index (χ0n) is 10.8. The van der Waals surface area contributed by atoms with Gasteiger partial charge in [0.1, 0.15) is 5.60 Å². The first-order valence-corrected chi connectivity index (χ1v) is 5.92. The van der Waals surface area contributed by atoms with Gasteiger partial charge in [0.25, 0.3) is 0 Å². The zero-order chi connectivity index (χ0) is 12.7. The Morgan fingerprint density at radius 3 is 2.71 bits per heavy atom. The van der Waals surface area contributed by atoms with Crippen LogP contribution in [0.15, 0.2) is 17.2 Å². The maximum absolute atomic E-state index is 5.54. The van der Waals surface area contributed by atoms with Crippen molar-refractivity contribution in [3.05, 3.63) is 24.4 Å². The summed E-state index contributed by atoms with van der Waals surface area (Å²) in [5.41, 5.74) is -0.430. The van der Waals surface area contributed by atoms with Crippen LogP contribution in [0.5, 0.6) is 0 Å². The van der Waals surface area contributed by atoms with E-state index in [4.69, 9.17) is 9.26 Å². The third-order valence-electron chi connectivity index (χ3n) is 2.97. The van der Waals surface area contributed by atoms with Gasteiger partial charge in [-0.1, -0.05) is 25.1 Å². The lowest BCUT2D eigenvalue weighted by atomic mass is 9.96. The highest BCUT2D eigenvalue weighted by atomic mass is 16.5. The van der Waals surface area contributed by atoms with Crippen molar-refractivity contribution in [3.63, 3.8) is 0 Å². The fourth-order valence-electron chi connectivity index (χ4n) is 1.74. The number of nitrogens with zero attached hydrogens (tertiary/aromatic N) is 2. The van der Waals surface area contributed by atoms with Crippen LogP contribution in [0.25, 0.3) is 0 Å². The summed E-state index contributed by atoms with van der Waals surface area (Å²) >= 11 is 0. The summed E-state index contributed by atoms with van der Waals surface area (Å²) in [7, 11) is 1.68. The number of nitrogens with one attached hydrogen (secondary N) is 1. The van der Waals surface area contributed by atoms with Crippen LogP contribution in [0.3, 0.4) is 0 Å². The summed E-state index contributed by atoms with van der Waals surface area (Å²) in [6, 6.07) is 0. The Labute approximate surface area is 102 Å². The van der Waals surface area contributed by atoms with Crippen molar-refractivity contribution in [2.45, 2.75) is 38.8 Å². The van der Waals surface area contributed by atoms with Crippen LogP contribution in [-0.2, 0) is 16.9 Å². The van der Waals surface area contributed by atoms with Gasteiger partial charge in [-0.05, 0) is 12.8 Å². The van der Waals surface area contributed by atoms with Crippen LogP contribution >= 0.6 is 0 Å². The van der Waals surface area contributed by atoms with E-state index in [9.17, 15) is 0 Å². The third-order valence-corrected chi connectivity index (χ3v) is 2.97. The van der Waals surface area contributed by atoms with Crippen molar-refractivity contribution in [3.8, 4) is 0 Å². The molecule has 0 amide bonds. The Hall–Kier alpha value is -1.20. The Balaban J connectivity index is 2.74. The molecule has 0 aliphatic rings. The summed E-state index contributed by atoms with van der Waals surface area (Å²) in [4.78, 5) is 4.37. The predicted octanol–water partition coefficient (Wildman–Crippen LogP) is 2.01. The molecule has 0 aliphatic heterocycles. The van der Waals surface area contributed by atoms with Crippen LogP contribution in [0, 0.1) is 0 Å². The van der Waals surface area contributed by atoms with Crippen molar-refractivity contribution in [1.29, 1.82) is 0 Å². The van der Waals surface area contributed by atoms with Gasteiger partial charge < -0.3 is 14.6 Å². The molecular weight excluding hydrogens is 218 g/mol. The standard InChI is InChI=1S/C12H21N3O2/c1-5-8-13-9-10-14-11(15-17-10)12(6-2,7-3)16-4/h5,13H,1,6-9H2,2-4H3. The molecule has 0 aromatic carbocycles. The van der Waals surface area contributed by atoms with Crippen molar-refractivity contribution < 1.29 is 9.26 Å². The number of aromatic nitrogens is 2. The number of methoxy groups -OCH3 is 1. The molecule has 5 nitrogen and oxygen atoms in total. The highest BCUT2D eigenvalue weighted by molar-refractivity contribution is 5.00. The summed E-state index contributed by atoms with van der Waals surface area (Å²) in [6.07, 6.45) is 3.42. The summed E-state index contributed by atoms with van der Waals surface area (Å²) in [5, 5.41) is 7.12. The fourth-order valence-corrected chi connectivity index (χ4v) is 1.74. The summed E-state index contributed by atoms with van der Waals surface area (Å²) in [6.45, 7) is 9.00. The van der Waals surface area contributed by atoms with Crippen molar-refractivity contribution in [2.24, 2.45) is 0 Å². The van der Waals surface area contributed by atoms with Gasteiger partial charge in [0.2, 0.25) is 11.7 Å². The molecule has 96 valence electrons. The lowest BCUT2D eigenvalue weighted by Crippen LogP contribution is -2.28. The molecule has 0 fully saturated rings. The minimum absolute atomic E-state index is 0.430. The molecule has 1 N–H and O–H groups in total. The van der Waals surface area contributed by atoms with Crippen LogP contribution in [0.1, 0.15) is 38.4 Å². The highest BCUT2D eigenvalue weighted by Gasteiger charge is 2.33. The zero-order valence-corrected chi connectivity index (χ0v) is 10.8. The minimum Gasteiger partial charge on any atom is -0.370 e. The number of ether oxygens (including phenoxy) is 1. The third kappa shape index (κ3) is 3.14. The Kier molecular flexibility index (Phi) is 5.31. The molecule has 0 spiro atoms. The van der Waals surface area contributed by atoms with E-state index in [-0.39, 0.29) is 0 Å². The number of hydrogen-bond donors (Lipinski definition) is 1. The van der Waals surface area contributed by atoms with Gasteiger partial charge in [-0.3, -0.25) is 0 Å². The largest absolute Gasteiger partial charge is 0.370 e. The second-order valence-electron chi connectivity index (χ2n) is 3.84. The van der Waals surface area contributed by atoms with E-state index in [1.807, 2.05) is 0 Å². The second kappa shape index (κ2) is 6.51. The van der Waals surface area contributed by atoms with Gasteiger partial charge in [-0.15, -0.1) is 6.58 Å². The van der Waals surface area contributed by atoms with Crippen molar-refractivity contribution >= 4 is 0 Å². The van der Waals surface area contributed by atoms with E-state index < -0.39 is 5.60 Å². The average Bonchev–Trinajstić information content (AvgIpc) is 2.82. The van der Waals surface area contributed by atoms with E-state index in [0.717, 1.165) is 12.8 Å². The molecule has 5 heteroatoms. The molecule has 1 aromatic rings. The monoisotopic (exact) mass is 239 g/mol. The van der Waals surface area contributed by atoms with Crippen LogP contribution in [0.4, 0.5) is 0 Å². The lowest BCUT2D eigenvalue weighted by Gasteiger charge is -2.25. The van der Waals surface area contributed by atoms with E-state index in [0.29, 0.717) is 24.8 Å². The molecule has 17 heavy (non-hydrogen) atoms. The molecule has 1 aromatic heterocycles. The molecular formula is C12H21N3O2. The van der Waals surface area contributed by atoms with Crippen molar-refractivity contribution in [2.75, 3.05) is 13.7 Å². The normalized spacial score (nSPS) is 11.7. The molecule has 0 aliphatic carbocycles. The van der Waals surface area contributed by atoms with Gasteiger partial charge in [0.05, 0.1) is 6.54 Å². The molecule has 0 saturated carbocycles. The summed E-state index contributed by atoms with van der Waals surface area (Å²) in [5.74, 6) is 1.20. The predicted molar refractivity (Wildman–Crippen MR) is 65.5 cm³/mol. The van der Waals surface area contributed by atoms with Gasteiger partial charge >= 0.3 is 0 Å². The quantitative estimate of drug-likeness (QED) is 0.555. The van der Waals surface area contributed by atoms with Gasteiger partial charge in [0, 0.05) is 13.7 Å². The van der Waals surface area contributed by atoms with Gasteiger partial charge in [-0.25, -0.2) is 0 Å². The highest BCUT2D eigenvalue weighted by Crippen LogP contribution is 2.29. The van der Waals surface area contributed by atoms with Crippen LogP contribution in [0.2, 0.25) is 0 Å². The molecule has 0 bridgehead atoms. The molecule has 1 rings (SSSR count). The lowest BCUT2D eigenvalue weighted by molar-refractivity contribution is -0.0306. The first kappa shape index (κ1) is 13.9. The molecule has 0 saturated heterocycles. The van der Waals surface area contributed by atoms with E-state index >= 15 is 0 Å². The van der Waals surface area contributed by atoms with E-state index in [1.165, 1.54) is 0 Å². The summed E-state index contributed by atoms with van der Waals surface area (Å²) < 4.78 is 10.7. The van der Waals surface area contributed by atoms with Crippen molar-refractivity contribution in [1.82, 2.24) is 15.5 Å². The minimum atomic E-state index is -0.430. The number of rotatable bonds is 8. The molecule has 0 atom stereocenters. The second-order valence-corrected chi connectivity index (χ2v) is 3.84. The smallest absolute Gasteiger partial charge is 0.240 e. The molecule has 0 radical (unpaired) electrons. The van der Waals surface area contributed by atoms with Crippen LogP contribution in [-0.4, -0.2) is 23.8 Å². The molecule has 0 unspecified atom stereocenters. The Morgan fingerprint density at radius 1 is 1.47 bits per heavy atom. The Morgan fingerprint density at radius 2 is 2.18 bits per heavy atom. The topological polar surface area (TPSA) is 60.2 Å². The Bertz CT molecular complexity index is 337. The van der Waals surface area contributed by atoms with Crippen LogP contribution < -0.4 is 5.32 Å². The molecule has 1 heterocycles. The maximum Gasteiger partial charge on any atom is 0.240 e. The van der Waals surface area contributed by atoms with Gasteiger partial charge in [0.15, 0.2) is 0 Å². The number of hydrogen-bond acceptors (Lipinski definition) is 5. The fraction of sp³-hybridized carbons (Fsp3) is 0.667.